The van der Waals surface area contributed by atoms with Crippen molar-refractivity contribution in [2.24, 2.45) is 0 Å². The lowest BCUT2D eigenvalue weighted by Crippen LogP contribution is -2.08. The van der Waals surface area contributed by atoms with Gasteiger partial charge in [-0.15, -0.1) is 0 Å². The highest BCUT2D eigenvalue weighted by molar-refractivity contribution is 8.00. The Morgan fingerprint density at radius 2 is 2.20 bits per heavy atom. The SMILES string of the molecule is CCCCSC(C)C(C)=O. The van der Waals surface area contributed by atoms with E-state index in [1.165, 1.54) is 12.8 Å². The van der Waals surface area contributed by atoms with Crippen LogP contribution < -0.4 is 0 Å². The number of carbonyl (C=O) groups is 1. The number of unbranched alkanes of at least 4 members (excludes halogenated alkanes) is 1. The molecule has 0 heterocycles. The van der Waals surface area contributed by atoms with E-state index >= 15 is 0 Å². The van der Waals surface area contributed by atoms with Gasteiger partial charge in [0.25, 0.3) is 0 Å². The zero-order valence-electron chi connectivity index (χ0n) is 7.02. The summed E-state index contributed by atoms with van der Waals surface area (Å²) in [6.07, 6.45) is 2.44. The van der Waals surface area contributed by atoms with Crippen LogP contribution in [0.4, 0.5) is 0 Å². The quantitative estimate of drug-likeness (QED) is 0.575. The van der Waals surface area contributed by atoms with Crippen LogP contribution in [0.5, 0.6) is 0 Å². The number of hydrogen-bond donors (Lipinski definition) is 0. The molecular weight excluding hydrogens is 144 g/mol. The van der Waals surface area contributed by atoms with Crippen LogP contribution in [-0.4, -0.2) is 16.8 Å². The number of hydrogen-bond acceptors (Lipinski definition) is 2. The Labute approximate surface area is 67.6 Å². The third-order valence-corrected chi connectivity index (χ3v) is 2.79. The Bertz CT molecular complexity index is 101. The third kappa shape index (κ3) is 4.86. The van der Waals surface area contributed by atoms with Gasteiger partial charge >= 0.3 is 0 Å². The molecule has 0 rings (SSSR count). The molecule has 0 N–H and O–H groups in total. The summed E-state index contributed by atoms with van der Waals surface area (Å²) in [4.78, 5) is 10.7. The summed E-state index contributed by atoms with van der Waals surface area (Å²) in [5.41, 5.74) is 0. The molecule has 0 aromatic rings. The molecule has 0 aromatic heterocycles. The topological polar surface area (TPSA) is 17.1 Å². The van der Waals surface area contributed by atoms with Gasteiger partial charge in [-0.1, -0.05) is 13.3 Å². The molecule has 0 spiro atoms. The molecule has 10 heavy (non-hydrogen) atoms. The maximum absolute atomic E-state index is 10.7. The van der Waals surface area contributed by atoms with Crippen molar-refractivity contribution in [3.63, 3.8) is 0 Å². The molecule has 0 fully saturated rings. The summed E-state index contributed by atoms with van der Waals surface area (Å²) in [5, 5.41) is 0.201. The van der Waals surface area contributed by atoms with Crippen molar-refractivity contribution in [1.82, 2.24) is 0 Å². The van der Waals surface area contributed by atoms with Crippen molar-refractivity contribution < 1.29 is 4.79 Å². The van der Waals surface area contributed by atoms with Crippen molar-refractivity contribution in [3.05, 3.63) is 0 Å². The van der Waals surface area contributed by atoms with Crippen molar-refractivity contribution in [2.45, 2.75) is 38.9 Å². The second-order valence-electron chi connectivity index (χ2n) is 2.48. The first-order valence-corrected chi connectivity index (χ1v) is 4.85. The number of Topliss-reactive ketones (excluding diaryl/α,β-unsaturated/α-hetero) is 1. The van der Waals surface area contributed by atoms with Crippen molar-refractivity contribution >= 4 is 17.5 Å². The molecule has 0 radical (unpaired) electrons. The number of thioether (sulfide) groups is 1. The predicted molar refractivity (Wildman–Crippen MR) is 47.5 cm³/mol. The average molecular weight is 160 g/mol. The minimum Gasteiger partial charge on any atom is -0.299 e. The van der Waals surface area contributed by atoms with Gasteiger partial charge in [-0.3, -0.25) is 4.79 Å². The first-order valence-electron chi connectivity index (χ1n) is 3.80. The molecule has 0 aliphatic heterocycles. The Morgan fingerprint density at radius 3 is 2.60 bits per heavy atom. The van der Waals surface area contributed by atoms with Crippen molar-refractivity contribution in [3.8, 4) is 0 Å². The van der Waals surface area contributed by atoms with Crippen molar-refractivity contribution in [1.29, 1.82) is 0 Å². The van der Waals surface area contributed by atoms with Crippen LogP contribution in [0.15, 0.2) is 0 Å². The molecule has 1 atom stereocenters. The molecule has 0 saturated heterocycles. The van der Waals surface area contributed by atoms with E-state index in [0.29, 0.717) is 5.78 Å². The highest BCUT2D eigenvalue weighted by Gasteiger charge is 2.05. The lowest BCUT2D eigenvalue weighted by Gasteiger charge is -2.04. The lowest BCUT2D eigenvalue weighted by atomic mass is 10.3. The highest BCUT2D eigenvalue weighted by Crippen LogP contribution is 2.12. The van der Waals surface area contributed by atoms with Gasteiger partial charge < -0.3 is 0 Å². The molecule has 0 saturated carbocycles. The van der Waals surface area contributed by atoms with Gasteiger partial charge in [0, 0.05) is 0 Å². The summed E-state index contributed by atoms with van der Waals surface area (Å²) >= 11 is 1.76. The number of rotatable bonds is 5. The van der Waals surface area contributed by atoms with Crippen LogP contribution in [0.3, 0.4) is 0 Å². The fourth-order valence-electron chi connectivity index (χ4n) is 0.522. The fourth-order valence-corrected chi connectivity index (χ4v) is 1.57. The van der Waals surface area contributed by atoms with Gasteiger partial charge in [-0.05, 0) is 26.0 Å². The standard InChI is InChI=1S/C8H16OS/c1-4-5-6-10-8(3)7(2)9/h8H,4-6H2,1-3H3. The summed E-state index contributed by atoms with van der Waals surface area (Å²) < 4.78 is 0. The average Bonchev–Trinajstić information content (AvgIpc) is 1.88. The minimum absolute atomic E-state index is 0.201. The Hall–Kier alpha value is 0.0200. The third-order valence-electron chi connectivity index (χ3n) is 1.44. The van der Waals surface area contributed by atoms with E-state index in [1.54, 1.807) is 18.7 Å². The molecule has 1 unspecified atom stereocenters. The molecule has 0 aliphatic rings. The molecule has 0 amide bonds. The van der Waals surface area contributed by atoms with Crippen LogP contribution in [0, 0.1) is 0 Å². The summed E-state index contributed by atoms with van der Waals surface area (Å²) in [6.45, 7) is 5.80. The van der Waals surface area contributed by atoms with Gasteiger partial charge in [-0.25, -0.2) is 0 Å². The fraction of sp³-hybridized carbons (Fsp3) is 0.875. The van der Waals surface area contributed by atoms with Crippen molar-refractivity contribution in [2.75, 3.05) is 5.75 Å². The Kier molecular flexibility index (Phi) is 5.79. The van der Waals surface area contributed by atoms with E-state index in [-0.39, 0.29) is 5.25 Å². The summed E-state index contributed by atoms with van der Waals surface area (Å²) in [6, 6.07) is 0. The van der Waals surface area contributed by atoms with E-state index < -0.39 is 0 Å². The van der Waals surface area contributed by atoms with Crippen LogP contribution in [0.25, 0.3) is 0 Å². The molecule has 1 nitrogen and oxygen atoms in total. The molecule has 60 valence electrons. The van der Waals surface area contributed by atoms with Crippen LogP contribution in [-0.2, 0) is 4.79 Å². The van der Waals surface area contributed by atoms with Crippen LogP contribution in [0.1, 0.15) is 33.6 Å². The highest BCUT2D eigenvalue weighted by atomic mass is 32.2. The second-order valence-corrected chi connectivity index (χ2v) is 3.93. The van der Waals surface area contributed by atoms with Gasteiger partial charge in [0.2, 0.25) is 0 Å². The first kappa shape index (κ1) is 10.0. The van der Waals surface area contributed by atoms with Gasteiger partial charge in [0.15, 0.2) is 0 Å². The molecule has 0 bridgehead atoms. The van der Waals surface area contributed by atoms with E-state index in [0.717, 1.165) is 5.75 Å². The van der Waals surface area contributed by atoms with E-state index in [9.17, 15) is 4.79 Å². The second kappa shape index (κ2) is 5.78. The molecular formula is C8H16OS. The maximum Gasteiger partial charge on any atom is 0.142 e. The summed E-state index contributed by atoms with van der Waals surface area (Å²) in [7, 11) is 0. The Balaban J connectivity index is 3.21. The summed E-state index contributed by atoms with van der Waals surface area (Å²) in [5.74, 6) is 1.41. The number of ketones is 1. The van der Waals surface area contributed by atoms with E-state index in [1.807, 2.05) is 6.92 Å². The van der Waals surface area contributed by atoms with Gasteiger partial charge in [0.1, 0.15) is 5.78 Å². The van der Waals surface area contributed by atoms with E-state index in [4.69, 9.17) is 0 Å². The smallest absolute Gasteiger partial charge is 0.142 e. The van der Waals surface area contributed by atoms with Gasteiger partial charge in [0.05, 0.1) is 5.25 Å². The van der Waals surface area contributed by atoms with Crippen LogP contribution >= 0.6 is 11.8 Å². The normalized spacial score (nSPS) is 13.1. The predicted octanol–water partition coefficient (Wildman–Crippen LogP) is 2.50. The lowest BCUT2D eigenvalue weighted by molar-refractivity contribution is -0.116. The molecule has 2 heteroatoms. The monoisotopic (exact) mass is 160 g/mol. The van der Waals surface area contributed by atoms with Crippen LogP contribution in [0.2, 0.25) is 0 Å². The maximum atomic E-state index is 10.7. The number of carbonyl (C=O) groups excluding carboxylic acids is 1. The zero-order chi connectivity index (χ0) is 7.98. The van der Waals surface area contributed by atoms with Gasteiger partial charge in [-0.2, -0.15) is 11.8 Å². The van der Waals surface area contributed by atoms with E-state index in [2.05, 4.69) is 6.92 Å². The Morgan fingerprint density at radius 1 is 1.60 bits per heavy atom. The largest absolute Gasteiger partial charge is 0.299 e. The first-order chi connectivity index (χ1) is 4.68. The zero-order valence-corrected chi connectivity index (χ0v) is 7.83. The molecule has 0 aliphatic carbocycles. The minimum atomic E-state index is 0.201. The molecule has 0 aromatic carbocycles.